The van der Waals surface area contributed by atoms with Crippen molar-refractivity contribution >= 4 is 15.8 Å². The van der Waals surface area contributed by atoms with Crippen LogP contribution in [0.15, 0.2) is 18.2 Å². The molecule has 0 aromatic heterocycles. The molecule has 7 nitrogen and oxygen atoms in total. The molecule has 0 bridgehead atoms. The van der Waals surface area contributed by atoms with Crippen molar-refractivity contribution in [2.45, 2.75) is 32.3 Å². The number of ether oxygens (including phenoxy) is 1. The Bertz CT molecular complexity index is 622. The molecule has 0 amide bonds. The van der Waals surface area contributed by atoms with Gasteiger partial charge in [-0.3, -0.25) is 10.1 Å². The monoisotopic (exact) mass is 315 g/mol. The second kappa shape index (κ2) is 6.40. The van der Waals surface area contributed by atoms with E-state index in [1.54, 1.807) is 13.0 Å². The number of hydrogen-bond acceptors (Lipinski definition) is 6. The topological polar surface area (TPSA) is 95.7 Å². The Morgan fingerprint density at radius 2 is 2.19 bits per heavy atom. The van der Waals surface area contributed by atoms with E-state index < -0.39 is 21.1 Å². The van der Waals surface area contributed by atoms with Gasteiger partial charge in [0.05, 0.1) is 11.0 Å². The highest BCUT2D eigenvalue weighted by molar-refractivity contribution is 7.87. The zero-order chi connectivity index (χ0) is 15.5. The van der Waals surface area contributed by atoms with Gasteiger partial charge in [0.1, 0.15) is 5.75 Å². The summed E-state index contributed by atoms with van der Waals surface area (Å²) in [6.45, 7) is 2.21. The SMILES string of the molecule is Cc1ccc(OS(=O)(=O)CC2CCCCO2)c([N+](=O)[O-])c1. The molecule has 0 N–H and O–H groups in total. The van der Waals surface area contributed by atoms with E-state index in [9.17, 15) is 18.5 Å². The standard InChI is InChI=1S/C13H17NO6S/c1-10-5-6-13(12(8-10)14(15)16)20-21(17,18)9-11-4-2-3-7-19-11/h5-6,8,11H,2-4,7,9H2,1H3. The average molecular weight is 315 g/mol. The molecule has 1 saturated heterocycles. The van der Waals surface area contributed by atoms with Gasteiger partial charge in [-0.05, 0) is 37.8 Å². The smallest absolute Gasteiger partial charge is 0.312 e. The summed E-state index contributed by atoms with van der Waals surface area (Å²) in [7, 11) is -3.93. The summed E-state index contributed by atoms with van der Waals surface area (Å²) in [5, 5.41) is 11.0. The fourth-order valence-electron chi connectivity index (χ4n) is 2.18. The van der Waals surface area contributed by atoms with Gasteiger partial charge >= 0.3 is 15.8 Å². The minimum atomic E-state index is -3.93. The average Bonchev–Trinajstić information content (AvgIpc) is 2.41. The molecule has 1 fully saturated rings. The number of benzene rings is 1. The van der Waals surface area contributed by atoms with Crippen LogP contribution in [-0.4, -0.2) is 31.8 Å². The minimum absolute atomic E-state index is 0.263. The van der Waals surface area contributed by atoms with E-state index in [0.29, 0.717) is 18.6 Å². The Labute approximate surface area is 123 Å². The van der Waals surface area contributed by atoms with Crippen LogP contribution in [0.5, 0.6) is 5.75 Å². The second-order valence-corrected chi connectivity index (χ2v) is 6.64. The lowest BCUT2D eigenvalue weighted by Gasteiger charge is -2.22. The molecular formula is C13H17NO6S. The van der Waals surface area contributed by atoms with Crippen LogP contribution in [0, 0.1) is 17.0 Å². The van der Waals surface area contributed by atoms with E-state index >= 15 is 0 Å². The molecule has 1 aromatic carbocycles. The van der Waals surface area contributed by atoms with Crippen molar-refractivity contribution in [3.05, 3.63) is 33.9 Å². The number of nitro groups is 1. The van der Waals surface area contributed by atoms with Crippen molar-refractivity contribution in [3.63, 3.8) is 0 Å². The summed E-state index contributed by atoms with van der Waals surface area (Å²) in [5.74, 6) is -0.556. The highest BCUT2D eigenvalue weighted by Crippen LogP contribution is 2.29. The molecule has 1 unspecified atom stereocenters. The summed E-state index contributed by atoms with van der Waals surface area (Å²) in [6, 6.07) is 4.14. The van der Waals surface area contributed by atoms with Gasteiger partial charge < -0.3 is 8.92 Å². The number of hydrogen-bond donors (Lipinski definition) is 0. The highest BCUT2D eigenvalue weighted by atomic mass is 32.2. The van der Waals surface area contributed by atoms with E-state index in [4.69, 9.17) is 8.92 Å². The van der Waals surface area contributed by atoms with Crippen LogP contribution in [0.1, 0.15) is 24.8 Å². The molecule has 2 rings (SSSR count). The molecule has 0 radical (unpaired) electrons. The van der Waals surface area contributed by atoms with Crippen LogP contribution < -0.4 is 4.18 Å². The Morgan fingerprint density at radius 1 is 1.43 bits per heavy atom. The zero-order valence-corrected chi connectivity index (χ0v) is 12.5. The third-order valence-electron chi connectivity index (χ3n) is 3.19. The van der Waals surface area contributed by atoms with Gasteiger partial charge in [0, 0.05) is 12.7 Å². The lowest BCUT2D eigenvalue weighted by Crippen LogP contribution is -2.30. The summed E-state index contributed by atoms with van der Waals surface area (Å²) < 4.78 is 34.3. The van der Waals surface area contributed by atoms with Gasteiger partial charge in [-0.25, -0.2) is 0 Å². The molecular weight excluding hydrogens is 298 g/mol. The first-order chi connectivity index (χ1) is 9.87. The predicted octanol–water partition coefficient (Wildman–Crippen LogP) is 2.18. The molecule has 0 aliphatic carbocycles. The van der Waals surface area contributed by atoms with Crippen LogP contribution in [0.3, 0.4) is 0 Å². The van der Waals surface area contributed by atoms with Gasteiger partial charge in [0.2, 0.25) is 5.75 Å². The molecule has 0 spiro atoms. The van der Waals surface area contributed by atoms with Crippen molar-refractivity contribution in [2.75, 3.05) is 12.4 Å². The summed E-state index contributed by atoms with van der Waals surface area (Å²) in [4.78, 5) is 10.3. The maximum absolute atomic E-state index is 12.0. The number of nitro benzene ring substituents is 1. The third kappa shape index (κ3) is 4.40. The maximum Gasteiger partial charge on any atom is 0.312 e. The number of nitrogens with zero attached hydrogens (tertiary/aromatic N) is 1. The molecule has 8 heteroatoms. The number of aryl methyl sites for hydroxylation is 1. The summed E-state index contributed by atoms with van der Waals surface area (Å²) in [6.07, 6.45) is 2.07. The molecule has 21 heavy (non-hydrogen) atoms. The van der Waals surface area contributed by atoms with Crippen molar-refractivity contribution in [2.24, 2.45) is 0 Å². The summed E-state index contributed by atoms with van der Waals surface area (Å²) >= 11 is 0. The Kier molecular flexibility index (Phi) is 4.79. The minimum Gasteiger partial charge on any atom is -0.377 e. The fourth-order valence-corrected chi connectivity index (χ4v) is 3.38. The van der Waals surface area contributed by atoms with E-state index in [1.165, 1.54) is 12.1 Å². The Morgan fingerprint density at radius 3 is 2.81 bits per heavy atom. The van der Waals surface area contributed by atoms with Gasteiger partial charge in [0.15, 0.2) is 0 Å². The third-order valence-corrected chi connectivity index (χ3v) is 4.41. The molecule has 1 heterocycles. The van der Waals surface area contributed by atoms with E-state index in [-0.39, 0.29) is 17.2 Å². The molecule has 1 aliphatic heterocycles. The van der Waals surface area contributed by atoms with E-state index in [1.807, 2.05) is 0 Å². The first-order valence-electron chi connectivity index (χ1n) is 6.66. The van der Waals surface area contributed by atoms with Gasteiger partial charge in [-0.2, -0.15) is 8.42 Å². The quantitative estimate of drug-likeness (QED) is 0.469. The first-order valence-corrected chi connectivity index (χ1v) is 8.24. The van der Waals surface area contributed by atoms with Crippen LogP contribution in [-0.2, 0) is 14.9 Å². The molecule has 1 aromatic rings. The highest BCUT2D eigenvalue weighted by Gasteiger charge is 2.26. The molecule has 1 atom stereocenters. The number of rotatable bonds is 5. The van der Waals surface area contributed by atoms with Gasteiger partial charge in [-0.15, -0.1) is 0 Å². The van der Waals surface area contributed by atoms with E-state index in [0.717, 1.165) is 12.8 Å². The molecule has 1 aliphatic rings. The first kappa shape index (κ1) is 15.7. The lowest BCUT2D eigenvalue weighted by atomic mass is 10.1. The largest absolute Gasteiger partial charge is 0.377 e. The normalized spacial score (nSPS) is 19.2. The Hall–Kier alpha value is -1.67. The van der Waals surface area contributed by atoms with Crippen LogP contribution >= 0.6 is 0 Å². The van der Waals surface area contributed by atoms with Crippen molar-refractivity contribution in [3.8, 4) is 5.75 Å². The molecule has 0 saturated carbocycles. The van der Waals surface area contributed by atoms with Crippen LogP contribution in [0.2, 0.25) is 0 Å². The second-order valence-electron chi connectivity index (χ2n) is 5.02. The van der Waals surface area contributed by atoms with Crippen LogP contribution in [0.25, 0.3) is 0 Å². The maximum atomic E-state index is 12.0. The van der Waals surface area contributed by atoms with E-state index in [2.05, 4.69) is 0 Å². The fraction of sp³-hybridized carbons (Fsp3) is 0.538. The van der Waals surface area contributed by atoms with Crippen molar-refractivity contribution in [1.82, 2.24) is 0 Å². The van der Waals surface area contributed by atoms with Crippen molar-refractivity contribution < 1.29 is 22.3 Å². The molecule has 116 valence electrons. The lowest BCUT2D eigenvalue weighted by molar-refractivity contribution is -0.385. The van der Waals surface area contributed by atoms with Gasteiger partial charge in [0.25, 0.3) is 0 Å². The van der Waals surface area contributed by atoms with Gasteiger partial charge in [-0.1, -0.05) is 6.07 Å². The van der Waals surface area contributed by atoms with Crippen molar-refractivity contribution in [1.29, 1.82) is 0 Å². The zero-order valence-electron chi connectivity index (χ0n) is 11.6. The summed E-state index contributed by atoms with van der Waals surface area (Å²) in [5.41, 5.74) is 0.296. The predicted molar refractivity (Wildman–Crippen MR) is 75.8 cm³/mol. The Balaban J connectivity index is 2.14. The van der Waals surface area contributed by atoms with Crippen LogP contribution in [0.4, 0.5) is 5.69 Å².